The topological polar surface area (TPSA) is 49.9 Å². The van der Waals surface area contributed by atoms with E-state index in [0.29, 0.717) is 22.7 Å². The molecule has 0 aliphatic carbocycles. The minimum absolute atomic E-state index is 0.0298. The van der Waals surface area contributed by atoms with Gasteiger partial charge in [-0.05, 0) is 60.8 Å². The molecule has 0 saturated carbocycles. The minimum Gasteiger partial charge on any atom is -0.489 e. The number of carbonyl (C=O) groups is 2. The first kappa shape index (κ1) is 22.6. The zero-order chi connectivity index (χ0) is 23.4. The number of para-hydroxylation sites is 2. The van der Waals surface area contributed by atoms with Crippen molar-refractivity contribution in [2.75, 3.05) is 16.4 Å². The molecule has 0 N–H and O–H groups in total. The Balaban J connectivity index is 1.87. The molecule has 1 aliphatic heterocycles. The lowest BCUT2D eigenvalue weighted by atomic mass is 10.0. The van der Waals surface area contributed by atoms with Gasteiger partial charge in [-0.15, -0.1) is 0 Å². The summed E-state index contributed by atoms with van der Waals surface area (Å²) in [6, 6.07) is 23.4. The van der Waals surface area contributed by atoms with E-state index in [1.807, 2.05) is 42.5 Å². The first-order valence-electron chi connectivity index (χ1n) is 10.1. The van der Waals surface area contributed by atoms with Crippen molar-refractivity contribution in [1.82, 2.24) is 0 Å². The van der Waals surface area contributed by atoms with Gasteiger partial charge < -0.3 is 4.74 Å². The van der Waals surface area contributed by atoms with Crippen LogP contribution in [-0.2, 0) is 9.59 Å². The van der Waals surface area contributed by atoms with Crippen LogP contribution in [0.2, 0.25) is 0 Å². The van der Waals surface area contributed by atoms with E-state index in [4.69, 9.17) is 17.0 Å². The largest absolute Gasteiger partial charge is 0.489 e. The number of benzene rings is 3. The minimum atomic E-state index is -0.502. The number of nitrogens with zero attached hydrogens (tertiary/aromatic N) is 2. The van der Waals surface area contributed by atoms with E-state index < -0.39 is 11.8 Å². The molecular weight excluding hydrogens is 500 g/mol. The number of thiocarbonyl (C=S) groups is 1. The Bertz CT molecular complexity index is 1200. The summed E-state index contributed by atoms with van der Waals surface area (Å²) in [5.41, 5.74) is 1.70. The number of ether oxygens (including phenoxy) is 1. The van der Waals surface area contributed by atoms with Crippen LogP contribution in [0.3, 0.4) is 0 Å². The Kier molecular flexibility index (Phi) is 6.82. The third-order valence-electron chi connectivity index (χ3n) is 4.91. The first-order chi connectivity index (χ1) is 16.0. The molecule has 0 aromatic heterocycles. The van der Waals surface area contributed by atoms with Crippen molar-refractivity contribution in [2.45, 2.75) is 0 Å². The third kappa shape index (κ3) is 4.65. The van der Waals surface area contributed by atoms with Crippen molar-refractivity contribution in [3.63, 3.8) is 0 Å². The maximum absolute atomic E-state index is 13.6. The van der Waals surface area contributed by atoms with Gasteiger partial charge in [-0.2, -0.15) is 0 Å². The van der Waals surface area contributed by atoms with Gasteiger partial charge in [-0.1, -0.05) is 65.0 Å². The van der Waals surface area contributed by atoms with E-state index in [9.17, 15) is 9.59 Å². The van der Waals surface area contributed by atoms with Gasteiger partial charge in [0.25, 0.3) is 11.8 Å². The molecule has 0 unspecified atom stereocenters. The average molecular weight is 519 g/mol. The van der Waals surface area contributed by atoms with Crippen LogP contribution in [0.15, 0.2) is 102 Å². The molecule has 0 radical (unpaired) electrons. The zero-order valence-corrected chi connectivity index (χ0v) is 19.9. The highest BCUT2D eigenvalue weighted by Crippen LogP contribution is 2.32. The van der Waals surface area contributed by atoms with Crippen LogP contribution in [0.5, 0.6) is 5.75 Å². The molecule has 1 fully saturated rings. The van der Waals surface area contributed by atoms with E-state index in [1.54, 1.807) is 48.6 Å². The molecule has 164 valence electrons. The van der Waals surface area contributed by atoms with Crippen molar-refractivity contribution < 1.29 is 14.3 Å². The Morgan fingerprint density at radius 3 is 1.94 bits per heavy atom. The number of amides is 2. The Morgan fingerprint density at radius 2 is 1.42 bits per heavy atom. The van der Waals surface area contributed by atoms with Gasteiger partial charge in [-0.25, -0.2) is 0 Å². The second-order valence-electron chi connectivity index (χ2n) is 7.07. The average Bonchev–Trinajstić information content (AvgIpc) is 2.83. The van der Waals surface area contributed by atoms with E-state index >= 15 is 0 Å². The fraction of sp³-hybridized carbons (Fsp3) is 0.0385. The molecule has 1 heterocycles. The van der Waals surface area contributed by atoms with Crippen molar-refractivity contribution in [2.24, 2.45) is 0 Å². The molecule has 2 amide bonds. The summed E-state index contributed by atoms with van der Waals surface area (Å²) < 4.78 is 6.52. The Hall–Kier alpha value is -3.55. The number of anilines is 2. The summed E-state index contributed by atoms with van der Waals surface area (Å²) >= 11 is 9.08. The molecule has 0 atom stereocenters. The highest BCUT2D eigenvalue weighted by Gasteiger charge is 2.41. The second-order valence-corrected chi connectivity index (χ2v) is 8.36. The summed E-state index contributed by atoms with van der Waals surface area (Å²) in [6.07, 6.45) is 3.17. The molecule has 0 spiro atoms. The number of rotatable bonds is 6. The Morgan fingerprint density at radius 1 is 0.879 bits per heavy atom. The number of halogens is 1. The highest BCUT2D eigenvalue weighted by molar-refractivity contribution is 9.10. The van der Waals surface area contributed by atoms with Gasteiger partial charge in [0.15, 0.2) is 5.11 Å². The summed E-state index contributed by atoms with van der Waals surface area (Å²) in [5.74, 6) is -0.479. The van der Waals surface area contributed by atoms with Gasteiger partial charge >= 0.3 is 0 Å². The number of hydrogen-bond acceptors (Lipinski definition) is 4. The molecule has 3 aromatic carbocycles. The van der Waals surface area contributed by atoms with Crippen LogP contribution in [0.25, 0.3) is 6.08 Å². The van der Waals surface area contributed by atoms with Gasteiger partial charge in [-0.3, -0.25) is 19.4 Å². The molecule has 7 heteroatoms. The lowest BCUT2D eigenvalue weighted by Crippen LogP contribution is -2.56. The number of hydrogen-bond donors (Lipinski definition) is 0. The molecule has 0 bridgehead atoms. The van der Waals surface area contributed by atoms with E-state index in [0.717, 1.165) is 4.47 Å². The molecule has 1 aliphatic rings. The SMILES string of the molecule is C=CCOc1ccc(Br)cc1C=C1C(=O)N(c2ccccc2)C(=S)N(c2ccccc2)C1=O. The summed E-state index contributed by atoms with van der Waals surface area (Å²) in [6.45, 7) is 3.96. The van der Waals surface area contributed by atoms with Gasteiger partial charge in [0.05, 0.1) is 11.4 Å². The fourth-order valence-electron chi connectivity index (χ4n) is 3.41. The second kappa shape index (κ2) is 9.94. The molecule has 33 heavy (non-hydrogen) atoms. The molecule has 4 rings (SSSR count). The van der Waals surface area contributed by atoms with Crippen molar-refractivity contribution in [3.05, 3.63) is 107 Å². The fourth-order valence-corrected chi connectivity index (χ4v) is 4.16. The Labute approximate surface area is 205 Å². The number of carbonyl (C=O) groups excluding carboxylic acids is 2. The van der Waals surface area contributed by atoms with Crippen LogP contribution >= 0.6 is 28.1 Å². The van der Waals surface area contributed by atoms with Crippen LogP contribution < -0.4 is 14.5 Å². The van der Waals surface area contributed by atoms with E-state index in [2.05, 4.69) is 22.5 Å². The lowest BCUT2D eigenvalue weighted by molar-refractivity contribution is -0.120. The normalized spacial score (nSPS) is 13.8. The summed E-state index contributed by atoms with van der Waals surface area (Å²) in [7, 11) is 0. The summed E-state index contributed by atoms with van der Waals surface area (Å²) in [4.78, 5) is 29.9. The quantitative estimate of drug-likeness (QED) is 0.180. The maximum atomic E-state index is 13.6. The molecule has 5 nitrogen and oxygen atoms in total. The highest BCUT2D eigenvalue weighted by atomic mass is 79.9. The van der Waals surface area contributed by atoms with Crippen LogP contribution in [0.1, 0.15) is 5.56 Å². The van der Waals surface area contributed by atoms with Gasteiger partial charge in [0.1, 0.15) is 17.9 Å². The maximum Gasteiger partial charge on any atom is 0.270 e. The lowest BCUT2D eigenvalue weighted by Gasteiger charge is -2.36. The van der Waals surface area contributed by atoms with Crippen LogP contribution in [0, 0.1) is 0 Å². The predicted molar refractivity (Wildman–Crippen MR) is 138 cm³/mol. The van der Waals surface area contributed by atoms with Gasteiger partial charge in [0.2, 0.25) is 0 Å². The zero-order valence-electron chi connectivity index (χ0n) is 17.5. The summed E-state index contributed by atoms with van der Waals surface area (Å²) in [5, 5.41) is 0.0944. The molecule has 1 saturated heterocycles. The predicted octanol–water partition coefficient (Wildman–Crippen LogP) is 5.76. The standard InChI is InChI=1S/C26H19BrN2O3S/c1-2-15-32-23-14-13-19(27)16-18(23)17-22-24(30)28(20-9-5-3-6-10-20)26(33)29(25(22)31)21-11-7-4-8-12-21/h2-14,16-17H,1,15H2. The van der Waals surface area contributed by atoms with Crippen molar-refractivity contribution in [3.8, 4) is 5.75 Å². The van der Waals surface area contributed by atoms with Gasteiger partial charge in [0, 0.05) is 10.0 Å². The van der Waals surface area contributed by atoms with E-state index in [-0.39, 0.29) is 17.3 Å². The first-order valence-corrected chi connectivity index (χ1v) is 11.3. The van der Waals surface area contributed by atoms with Crippen molar-refractivity contribution in [1.29, 1.82) is 0 Å². The smallest absolute Gasteiger partial charge is 0.270 e. The van der Waals surface area contributed by atoms with Crippen LogP contribution in [-0.4, -0.2) is 23.5 Å². The monoisotopic (exact) mass is 518 g/mol. The van der Waals surface area contributed by atoms with E-state index in [1.165, 1.54) is 9.80 Å². The molecule has 3 aromatic rings. The van der Waals surface area contributed by atoms with Crippen LogP contribution in [0.4, 0.5) is 11.4 Å². The van der Waals surface area contributed by atoms with Crippen molar-refractivity contribution >= 4 is 62.5 Å². The third-order valence-corrected chi connectivity index (χ3v) is 5.77. The molecular formula is C26H19BrN2O3S.